The summed E-state index contributed by atoms with van der Waals surface area (Å²) in [6.07, 6.45) is -1.06. The first-order chi connectivity index (χ1) is 14.8. The Bertz CT molecular complexity index is 715. The molecule has 0 aliphatic carbocycles. The van der Waals surface area contributed by atoms with Gasteiger partial charge in [0.05, 0.1) is 19.1 Å². The van der Waals surface area contributed by atoms with Crippen molar-refractivity contribution in [3.8, 4) is 0 Å². The van der Waals surface area contributed by atoms with Crippen LogP contribution in [-0.2, 0) is 28.8 Å². The van der Waals surface area contributed by atoms with Crippen LogP contribution in [-0.4, -0.2) is 81.7 Å². The lowest BCUT2D eigenvalue weighted by molar-refractivity contribution is -0.147. The normalized spacial score (nSPS) is 15.4. The van der Waals surface area contributed by atoms with Crippen LogP contribution in [0.4, 0.5) is 0 Å². The van der Waals surface area contributed by atoms with Crippen LogP contribution in [0.3, 0.4) is 0 Å². The first-order valence-electron chi connectivity index (χ1n) is 9.84. The highest BCUT2D eigenvalue weighted by Crippen LogP contribution is 2.06. The molecule has 182 valence electrons. The van der Waals surface area contributed by atoms with E-state index in [1.165, 1.54) is 0 Å². The molecule has 0 fully saturated rings. The van der Waals surface area contributed by atoms with Crippen LogP contribution < -0.4 is 27.4 Å². The molecule has 4 amide bonds. The van der Waals surface area contributed by atoms with Crippen LogP contribution in [0.25, 0.3) is 0 Å². The van der Waals surface area contributed by atoms with Gasteiger partial charge in [0.2, 0.25) is 23.6 Å². The number of nitrogens with one attached hydrogen (secondary N) is 3. The van der Waals surface area contributed by atoms with E-state index in [0.29, 0.717) is 6.42 Å². The van der Waals surface area contributed by atoms with Crippen LogP contribution in [0.1, 0.15) is 39.5 Å². The van der Waals surface area contributed by atoms with Crippen molar-refractivity contribution in [3.63, 3.8) is 0 Å². The van der Waals surface area contributed by atoms with Crippen LogP contribution in [0.15, 0.2) is 0 Å². The second-order valence-corrected chi connectivity index (χ2v) is 7.22. The molecule has 10 N–H and O–H groups in total. The van der Waals surface area contributed by atoms with Gasteiger partial charge in [-0.15, -0.1) is 0 Å². The van der Waals surface area contributed by atoms with Gasteiger partial charge < -0.3 is 42.7 Å². The van der Waals surface area contributed by atoms with Crippen molar-refractivity contribution >= 4 is 35.6 Å². The fourth-order valence-electron chi connectivity index (χ4n) is 2.45. The molecule has 0 saturated carbocycles. The number of primary amides is 1. The molecule has 5 atom stereocenters. The number of aliphatic carboxylic acids is 2. The molecule has 0 heterocycles. The summed E-state index contributed by atoms with van der Waals surface area (Å²) in [5, 5.41) is 33.7. The largest absolute Gasteiger partial charge is 0.481 e. The maximum atomic E-state index is 12.5. The SMILES string of the molecule is CCC(C)C(N)C(=O)NC(CO)C(=O)NC(CCC(N)=O)C(=O)NC(CC(=O)O)C(=O)O. The Balaban J connectivity index is 5.39. The van der Waals surface area contributed by atoms with Gasteiger partial charge in [0.25, 0.3) is 0 Å². The van der Waals surface area contributed by atoms with Crippen molar-refractivity contribution in [2.24, 2.45) is 17.4 Å². The maximum absolute atomic E-state index is 12.5. The van der Waals surface area contributed by atoms with E-state index in [1.54, 1.807) is 6.92 Å². The molecule has 5 unspecified atom stereocenters. The number of carboxylic acids is 2. The Labute approximate surface area is 184 Å². The third-order valence-electron chi connectivity index (χ3n) is 4.68. The Morgan fingerprint density at radius 2 is 1.38 bits per heavy atom. The van der Waals surface area contributed by atoms with Gasteiger partial charge in [0.1, 0.15) is 18.1 Å². The number of nitrogens with two attached hydrogens (primary N) is 2. The lowest BCUT2D eigenvalue weighted by Gasteiger charge is -2.25. The van der Waals surface area contributed by atoms with Crippen molar-refractivity contribution in [1.29, 1.82) is 0 Å². The monoisotopic (exact) mass is 461 g/mol. The molecule has 0 aliphatic rings. The molecular weight excluding hydrogens is 430 g/mol. The molecule has 0 rings (SSSR count). The predicted octanol–water partition coefficient (Wildman–Crippen LogP) is -3.37. The highest BCUT2D eigenvalue weighted by atomic mass is 16.4. The number of hydrogen-bond acceptors (Lipinski definition) is 8. The summed E-state index contributed by atoms with van der Waals surface area (Å²) in [6.45, 7) is 2.69. The van der Waals surface area contributed by atoms with E-state index in [0.717, 1.165) is 0 Å². The van der Waals surface area contributed by atoms with Crippen LogP contribution in [0.5, 0.6) is 0 Å². The van der Waals surface area contributed by atoms with Crippen LogP contribution >= 0.6 is 0 Å². The summed E-state index contributed by atoms with van der Waals surface area (Å²) < 4.78 is 0. The molecule has 0 aromatic heterocycles. The molecule has 0 aliphatic heterocycles. The summed E-state index contributed by atoms with van der Waals surface area (Å²) in [5.74, 6) is -6.95. The Kier molecular flexibility index (Phi) is 12.5. The van der Waals surface area contributed by atoms with Crippen molar-refractivity contribution < 1.29 is 44.1 Å². The van der Waals surface area contributed by atoms with Gasteiger partial charge >= 0.3 is 11.9 Å². The highest BCUT2D eigenvalue weighted by Gasteiger charge is 2.31. The second-order valence-electron chi connectivity index (χ2n) is 7.22. The number of rotatable bonds is 15. The zero-order valence-corrected chi connectivity index (χ0v) is 17.9. The Morgan fingerprint density at radius 3 is 1.81 bits per heavy atom. The van der Waals surface area contributed by atoms with E-state index in [4.69, 9.17) is 21.7 Å². The van der Waals surface area contributed by atoms with Crippen molar-refractivity contribution in [2.45, 2.75) is 63.7 Å². The van der Waals surface area contributed by atoms with Gasteiger partial charge in [-0.1, -0.05) is 20.3 Å². The van der Waals surface area contributed by atoms with Gasteiger partial charge in [0, 0.05) is 6.42 Å². The second kappa shape index (κ2) is 13.9. The molecule has 14 nitrogen and oxygen atoms in total. The number of carboxylic acid groups (broad SMARTS) is 2. The minimum atomic E-state index is -1.80. The average Bonchev–Trinajstić information content (AvgIpc) is 2.71. The molecule has 0 radical (unpaired) electrons. The predicted molar refractivity (Wildman–Crippen MR) is 109 cm³/mol. The lowest BCUT2D eigenvalue weighted by Crippen LogP contribution is -2.58. The zero-order valence-electron chi connectivity index (χ0n) is 17.9. The van der Waals surface area contributed by atoms with Crippen molar-refractivity contribution in [3.05, 3.63) is 0 Å². The minimum absolute atomic E-state index is 0.214. The smallest absolute Gasteiger partial charge is 0.326 e. The average molecular weight is 461 g/mol. The first kappa shape index (κ1) is 28.7. The van der Waals surface area contributed by atoms with Gasteiger partial charge in [-0.05, 0) is 12.3 Å². The summed E-state index contributed by atoms with van der Waals surface area (Å²) in [7, 11) is 0. The van der Waals surface area contributed by atoms with Crippen LogP contribution in [0, 0.1) is 5.92 Å². The number of aliphatic hydroxyl groups excluding tert-OH is 1. The van der Waals surface area contributed by atoms with Crippen molar-refractivity contribution in [1.82, 2.24) is 16.0 Å². The number of aliphatic hydroxyl groups is 1. The van der Waals surface area contributed by atoms with Crippen molar-refractivity contribution in [2.75, 3.05) is 6.61 Å². The van der Waals surface area contributed by atoms with E-state index in [9.17, 15) is 33.9 Å². The first-order valence-corrected chi connectivity index (χ1v) is 9.84. The molecule has 0 aromatic carbocycles. The Morgan fingerprint density at radius 1 is 0.875 bits per heavy atom. The molecule has 0 saturated heterocycles. The molecule has 14 heteroatoms. The third kappa shape index (κ3) is 10.2. The van der Waals surface area contributed by atoms with E-state index in [-0.39, 0.29) is 18.8 Å². The number of carbonyl (C=O) groups excluding carboxylic acids is 4. The quantitative estimate of drug-likeness (QED) is 0.120. The fourth-order valence-corrected chi connectivity index (χ4v) is 2.45. The number of hydrogen-bond donors (Lipinski definition) is 8. The molecule has 0 bridgehead atoms. The van der Waals surface area contributed by atoms with E-state index in [1.807, 2.05) is 12.2 Å². The van der Waals surface area contributed by atoms with E-state index >= 15 is 0 Å². The zero-order chi connectivity index (χ0) is 25.0. The number of carbonyl (C=O) groups is 6. The fraction of sp³-hybridized carbons (Fsp3) is 0.667. The van der Waals surface area contributed by atoms with E-state index < -0.39 is 72.8 Å². The molecule has 0 aromatic rings. The summed E-state index contributed by atoms with van der Waals surface area (Å²) in [6, 6.07) is -5.74. The van der Waals surface area contributed by atoms with Gasteiger partial charge in [-0.3, -0.25) is 24.0 Å². The van der Waals surface area contributed by atoms with Gasteiger partial charge in [-0.25, -0.2) is 4.79 Å². The molecule has 0 spiro atoms. The van der Waals surface area contributed by atoms with Crippen LogP contribution in [0.2, 0.25) is 0 Å². The minimum Gasteiger partial charge on any atom is -0.481 e. The Hall–Kier alpha value is -3.26. The highest BCUT2D eigenvalue weighted by molar-refractivity contribution is 5.95. The number of amides is 4. The van der Waals surface area contributed by atoms with Gasteiger partial charge in [0.15, 0.2) is 0 Å². The van der Waals surface area contributed by atoms with E-state index in [2.05, 4.69) is 10.6 Å². The summed E-state index contributed by atoms with van der Waals surface area (Å²) >= 11 is 0. The standard InChI is InChI=1S/C18H31N5O9/c1-3-8(2)14(20)17(30)23-11(7-24)16(29)21-9(4-5-12(19)25)15(28)22-10(18(31)32)6-13(26)27/h8-11,14,24H,3-7,20H2,1-2H3,(H2,19,25)(H,21,29)(H,22,28)(H,23,30)(H,26,27)(H,31,32). The lowest BCUT2D eigenvalue weighted by atomic mass is 9.99. The molecule has 32 heavy (non-hydrogen) atoms. The van der Waals surface area contributed by atoms with Gasteiger partial charge in [-0.2, -0.15) is 0 Å². The summed E-state index contributed by atoms with van der Waals surface area (Å²) in [5.41, 5.74) is 10.8. The third-order valence-corrected chi connectivity index (χ3v) is 4.68. The summed E-state index contributed by atoms with van der Waals surface area (Å²) in [4.78, 5) is 70.2. The maximum Gasteiger partial charge on any atom is 0.326 e. The topological polar surface area (TPSA) is 251 Å². The molecular formula is C18H31N5O9.